The first-order valence-electron chi connectivity index (χ1n) is 4.52. The molecule has 1 saturated heterocycles. The Bertz CT molecular complexity index is 285. The second-order valence-corrected chi connectivity index (χ2v) is 3.22. The van der Waals surface area contributed by atoms with Gasteiger partial charge in [0.1, 0.15) is 0 Å². The summed E-state index contributed by atoms with van der Waals surface area (Å²) in [5, 5.41) is 4.27. The molecule has 0 atom stereocenters. The number of carbonyl (C=O) groups is 3. The van der Waals surface area contributed by atoms with E-state index in [1.54, 1.807) is 14.0 Å². The first-order chi connectivity index (χ1) is 7.06. The molecule has 0 aliphatic carbocycles. The molecule has 6 nitrogen and oxygen atoms in total. The number of nitrogens with zero attached hydrogens (tertiary/aromatic N) is 2. The summed E-state index contributed by atoms with van der Waals surface area (Å²) in [6.07, 6.45) is 0.201. The summed E-state index contributed by atoms with van der Waals surface area (Å²) >= 11 is 0. The molecule has 0 unspecified atom stereocenters. The van der Waals surface area contributed by atoms with Gasteiger partial charge in [-0.15, -0.1) is 5.06 Å². The van der Waals surface area contributed by atoms with Crippen LogP contribution in [-0.2, 0) is 38.7 Å². The van der Waals surface area contributed by atoms with Crippen LogP contribution in [0, 0.1) is 5.92 Å². The van der Waals surface area contributed by atoms with E-state index in [-0.39, 0.29) is 38.9 Å². The topological polar surface area (TPSA) is 77.8 Å². The molecule has 0 aromatic rings. The van der Waals surface area contributed by atoms with E-state index >= 15 is 0 Å². The molecule has 0 bridgehead atoms. The quantitative estimate of drug-likeness (QED) is 0.270. The number of imide groups is 1. The maximum Gasteiger partial charge on any atom is 0.263 e. The maximum atomic E-state index is 11.3. The Morgan fingerprint density at radius 3 is 2.29 bits per heavy atom. The summed E-state index contributed by atoms with van der Waals surface area (Å²) in [5.74, 6) is -1.29. The number of hydroxylamine groups is 2. The molecule has 0 spiro atoms. The van der Waals surface area contributed by atoms with Crippen molar-refractivity contribution in [2.75, 3.05) is 13.6 Å². The predicted octanol–water partition coefficient (Wildman–Crippen LogP) is 0.189. The van der Waals surface area contributed by atoms with Crippen LogP contribution in [0.3, 0.4) is 0 Å². The van der Waals surface area contributed by atoms with Crippen LogP contribution in [0.4, 0.5) is 0 Å². The number of hydrogen-bond donors (Lipinski definition) is 0. The Hall–Kier alpha value is -1.94. The van der Waals surface area contributed by atoms with Crippen LogP contribution in [0.5, 0.6) is 0 Å². The second kappa shape index (κ2) is 7.36. The Kier molecular flexibility index (Phi) is 7.55. The zero-order valence-corrected chi connectivity index (χ0v) is 17.7. The minimum absolute atomic E-state index is 0. The molecule has 95 valence electrons. The van der Waals surface area contributed by atoms with Crippen molar-refractivity contribution in [1.82, 2.24) is 5.06 Å². The first-order valence-corrected chi connectivity index (χ1v) is 4.52. The molecule has 1 aliphatic heterocycles. The van der Waals surface area contributed by atoms with Crippen LogP contribution in [0.1, 0.15) is 19.8 Å². The van der Waals surface area contributed by atoms with Crippen molar-refractivity contribution in [2.45, 2.75) is 19.8 Å². The van der Waals surface area contributed by atoms with E-state index in [9.17, 15) is 14.4 Å². The van der Waals surface area contributed by atoms with Gasteiger partial charge >= 0.3 is 0 Å². The van der Waals surface area contributed by atoms with Crippen LogP contribution < -0.4 is 0 Å². The molecule has 1 rings (SSSR count). The summed E-state index contributed by atoms with van der Waals surface area (Å²) in [4.78, 5) is 38.2. The SMILES string of the molecule is C[N-]C[C-](C)C(=O)ON1C(=O)CCC1=O.[Rf].[Rh]. The van der Waals surface area contributed by atoms with Gasteiger partial charge in [0.25, 0.3) is 11.8 Å². The normalized spacial score (nSPS) is 13.9. The monoisotopic (exact) mass is 582 g/mol. The number of carbonyl (C=O) groups excluding carboxylic acids is 3. The van der Waals surface area contributed by atoms with Crippen LogP contribution in [0.25, 0.3) is 5.32 Å². The van der Waals surface area contributed by atoms with E-state index in [1.165, 1.54) is 0 Å². The zero-order chi connectivity index (χ0) is 11.4. The van der Waals surface area contributed by atoms with Crippen LogP contribution in [0.15, 0.2) is 0 Å². The maximum absolute atomic E-state index is 11.3. The van der Waals surface area contributed by atoms with Gasteiger partial charge in [-0.3, -0.25) is 26.8 Å². The summed E-state index contributed by atoms with van der Waals surface area (Å²) in [6, 6.07) is 0. The molecule has 1 heterocycles. The van der Waals surface area contributed by atoms with Crippen LogP contribution in [-0.4, -0.2) is 36.4 Å². The van der Waals surface area contributed by atoms with Crippen molar-refractivity contribution in [2.24, 2.45) is 0 Å². The summed E-state index contributed by atoms with van der Waals surface area (Å²) in [6.45, 7) is 1.77. The van der Waals surface area contributed by atoms with Gasteiger partial charge in [0, 0.05) is 32.3 Å². The van der Waals surface area contributed by atoms with Gasteiger partial charge in [0.05, 0.1) is 0 Å². The fourth-order valence-electron chi connectivity index (χ4n) is 1.12. The van der Waals surface area contributed by atoms with Crippen molar-refractivity contribution in [3.8, 4) is 0 Å². The van der Waals surface area contributed by atoms with Gasteiger partial charge in [0.15, 0.2) is 0 Å². The number of amides is 2. The fourth-order valence-corrected chi connectivity index (χ4v) is 1.12. The molecule has 1 aliphatic rings. The summed E-state index contributed by atoms with van der Waals surface area (Å²) in [5.41, 5.74) is 0. The third-order valence-corrected chi connectivity index (χ3v) is 1.92. The predicted molar refractivity (Wildman–Crippen MR) is 50.2 cm³/mol. The van der Waals surface area contributed by atoms with E-state index < -0.39 is 17.8 Å². The van der Waals surface area contributed by atoms with Gasteiger partial charge in [-0.25, -0.2) is 0 Å². The standard InChI is InChI=1S/C9H12N2O4.Rf.Rh/c1-6(5-10-2)9(14)15-11-7(12)3-4-8(11)13;;/h3-5H2,1-2H3;;/q-2;;. The molecular formula is C9H12N2O4RfRh-2. The van der Waals surface area contributed by atoms with Crippen LogP contribution in [0.2, 0.25) is 0 Å². The van der Waals surface area contributed by atoms with Gasteiger partial charge in [0.2, 0.25) is 5.97 Å². The van der Waals surface area contributed by atoms with E-state index in [2.05, 4.69) is 10.2 Å². The summed E-state index contributed by atoms with van der Waals surface area (Å²) < 4.78 is 0. The summed E-state index contributed by atoms with van der Waals surface area (Å²) in [7, 11) is 1.56. The second-order valence-electron chi connectivity index (χ2n) is 3.22. The fraction of sp³-hybridized carbons (Fsp3) is 0.556. The average molecular weight is 582 g/mol. The molecule has 1 fully saturated rings. The molecule has 17 heavy (non-hydrogen) atoms. The minimum atomic E-state index is -0.691. The third-order valence-electron chi connectivity index (χ3n) is 1.92. The Labute approximate surface area is 106 Å². The van der Waals surface area contributed by atoms with Crippen molar-refractivity contribution >= 4 is 17.8 Å². The number of rotatable bonds is 4. The van der Waals surface area contributed by atoms with Crippen molar-refractivity contribution in [3.63, 3.8) is 0 Å². The zero-order valence-electron chi connectivity index (χ0n) is 9.69. The molecule has 0 saturated carbocycles. The average Bonchev–Trinajstić information content (AvgIpc) is 2.49. The van der Waals surface area contributed by atoms with E-state index in [0.717, 1.165) is 0 Å². The van der Waals surface area contributed by atoms with Gasteiger partial charge in [-0.2, -0.15) is 14.0 Å². The van der Waals surface area contributed by atoms with E-state index in [0.29, 0.717) is 11.0 Å². The van der Waals surface area contributed by atoms with E-state index in [1.807, 2.05) is 0 Å². The largest absolute Gasteiger partial charge is 0.689 e. The van der Waals surface area contributed by atoms with Gasteiger partial charge in [-0.05, 0) is 0 Å². The Balaban J connectivity index is 0. The van der Waals surface area contributed by atoms with Crippen molar-refractivity contribution in [1.29, 1.82) is 0 Å². The third kappa shape index (κ3) is 4.20. The van der Waals surface area contributed by atoms with Crippen molar-refractivity contribution in [3.05, 3.63) is 11.2 Å². The Morgan fingerprint density at radius 1 is 1.41 bits per heavy atom. The van der Waals surface area contributed by atoms with Gasteiger partial charge < -0.3 is 10.2 Å². The van der Waals surface area contributed by atoms with Gasteiger partial charge in [-0.1, -0.05) is 0 Å². The minimum Gasteiger partial charge on any atom is -0.689 e. The molecule has 8 heteroatoms. The number of hydrogen-bond acceptors (Lipinski definition) is 4. The van der Waals surface area contributed by atoms with Crippen molar-refractivity contribution < 1.29 is 38.7 Å². The first kappa shape index (κ1) is 17.5. The molecule has 0 aromatic carbocycles. The molecular weight excluding hydrogens is 570 g/mol. The van der Waals surface area contributed by atoms with E-state index in [4.69, 9.17) is 0 Å². The molecule has 1 radical (unpaired) electrons. The molecule has 0 N–H and O–H groups in total. The molecule has 0 aromatic heterocycles. The van der Waals surface area contributed by atoms with Crippen LogP contribution >= 0.6 is 0 Å². The Morgan fingerprint density at radius 2 is 1.88 bits per heavy atom. The smallest absolute Gasteiger partial charge is 0.263 e. The molecule has 2 amide bonds.